The van der Waals surface area contributed by atoms with Crippen LogP contribution in [0.1, 0.15) is 0 Å². The van der Waals surface area contributed by atoms with E-state index in [0.717, 1.165) is 27.1 Å². The van der Waals surface area contributed by atoms with Crippen molar-refractivity contribution in [3.63, 3.8) is 0 Å². The molecular formula is C42H30BrN. The van der Waals surface area contributed by atoms with Gasteiger partial charge in [0, 0.05) is 21.5 Å². The van der Waals surface area contributed by atoms with Gasteiger partial charge >= 0.3 is 0 Å². The van der Waals surface area contributed by atoms with Crippen molar-refractivity contribution in [3.8, 4) is 44.5 Å². The second-order valence-corrected chi connectivity index (χ2v) is 11.6. The molecule has 0 heterocycles. The zero-order valence-corrected chi connectivity index (χ0v) is 25.7. The van der Waals surface area contributed by atoms with Crippen LogP contribution in [0.25, 0.3) is 44.5 Å². The molecule has 7 aromatic rings. The molecule has 0 unspecified atom stereocenters. The van der Waals surface area contributed by atoms with E-state index in [-0.39, 0.29) is 0 Å². The van der Waals surface area contributed by atoms with Crippen LogP contribution in [0.2, 0.25) is 0 Å². The fraction of sp³-hybridized carbons (Fsp3) is 0. The maximum absolute atomic E-state index is 3.80. The van der Waals surface area contributed by atoms with Gasteiger partial charge in [0.05, 0.1) is 0 Å². The van der Waals surface area contributed by atoms with Crippen LogP contribution in [0.5, 0.6) is 0 Å². The summed E-state index contributed by atoms with van der Waals surface area (Å²) in [6.07, 6.45) is 0. The van der Waals surface area contributed by atoms with E-state index in [1.165, 1.54) is 38.9 Å². The number of benzene rings is 7. The van der Waals surface area contributed by atoms with Gasteiger partial charge in [-0.05, 0) is 87.0 Å². The molecule has 44 heavy (non-hydrogen) atoms. The number of anilines is 3. The van der Waals surface area contributed by atoms with Crippen LogP contribution in [0.4, 0.5) is 17.1 Å². The van der Waals surface area contributed by atoms with E-state index in [2.05, 4.69) is 203 Å². The van der Waals surface area contributed by atoms with Crippen LogP contribution in [0.3, 0.4) is 0 Å². The summed E-state index contributed by atoms with van der Waals surface area (Å²) in [7, 11) is 0. The molecule has 0 aliphatic rings. The Bertz CT molecular complexity index is 1970. The fourth-order valence-corrected chi connectivity index (χ4v) is 6.14. The van der Waals surface area contributed by atoms with Gasteiger partial charge < -0.3 is 4.90 Å². The molecule has 2 heteroatoms. The number of hydrogen-bond donors (Lipinski definition) is 0. The molecule has 0 saturated carbocycles. The van der Waals surface area contributed by atoms with Crippen molar-refractivity contribution in [1.82, 2.24) is 0 Å². The molecule has 0 spiro atoms. The minimum Gasteiger partial charge on any atom is -0.310 e. The van der Waals surface area contributed by atoms with Gasteiger partial charge in [0.2, 0.25) is 0 Å². The Labute approximate surface area is 267 Å². The summed E-state index contributed by atoms with van der Waals surface area (Å²) < 4.78 is 1.07. The Hall–Kier alpha value is -5.18. The summed E-state index contributed by atoms with van der Waals surface area (Å²) in [5.74, 6) is 0. The molecule has 0 amide bonds. The highest BCUT2D eigenvalue weighted by Crippen LogP contribution is 2.40. The molecular weight excluding hydrogens is 598 g/mol. The summed E-state index contributed by atoms with van der Waals surface area (Å²) in [6.45, 7) is 0. The van der Waals surface area contributed by atoms with Gasteiger partial charge in [-0.1, -0.05) is 155 Å². The first-order valence-corrected chi connectivity index (χ1v) is 15.6. The third-order valence-corrected chi connectivity index (χ3v) is 8.67. The maximum atomic E-state index is 3.80. The molecule has 7 aromatic carbocycles. The highest BCUT2D eigenvalue weighted by atomic mass is 79.9. The predicted molar refractivity (Wildman–Crippen MR) is 191 cm³/mol. The van der Waals surface area contributed by atoms with E-state index in [0.29, 0.717) is 0 Å². The van der Waals surface area contributed by atoms with Crippen LogP contribution in [-0.4, -0.2) is 0 Å². The van der Waals surface area contributed by atoms with E-state index in [1.54, 1.807) is 0 Å². The van der Waals surface area contributed by atoms with Crippen molar-refractivity contribution >= 4 is 33.0 Å². The van der Waals surface area contributed by atoms with E-state index in [1.807, 2.05) is 0 Å². The topological polar surface area (TPSA) is 3.24 Å². The van der Waals surface area contributed by atoms with Gasteiger partial charge in [-0.25, -0.2) is 0 Å². The lowest BCUT2D eigenvalue weighted by Crippen LogP contribution is -2.10. The Balaban J connectivity index is 1.26. The summed E-state index contributed by atoms with van der Waals surface area (Å²) in [4.78, 5) is 2.33. The smallest absolute Gasteiger partial charge is 0.0468 e. The molecule has 0 aliphatic heterocycles. The average Bonchev–Trinajstić information content (AvgIpc) is 3.11. The molecule has 0 aliphatic carbocycles. The van der Waals surface area contributed by atoms with Crippen molar-refractivity contribution in [2.45, 2.75) is 0 Å². The lowest BCUT2D eigenvalue weighted by atomic mass is 10.00. The molecule has 0 atom stereocenters. The quantitative estimate of drug-likeness (QED) is 0.170. The van der Waals surface area contributed by atoms with E-state index >= 15 is 0 Å². The van der Waals surface area contributed by atoms with Gasteiger partial charge in [-0.15, -0.1) is 0 Å². The van der Waals surface area contributed by atoms with E-state index < -0.39 is 0 Å². The van der Waals surface area contributed by atoms with Crippen molar-refractivity contribution in [1.29, 1.82) is 0 Å². The summed E-state index contributed by atoms with van der Waals surface area (Å²) in [5.41, 5.74) is 12.9. The number of hydrogen-bond acceptors (Lipinski definition) is 1. The molecule has 0 aromatic heterocycles. The Kier molecular flexibility index (Phi) is 7.91. The first-order valence-electron chi connectivity index (χ1n) is 14.8. The average molecular weight is 629 g/mol. The monoisotopic (exact) mass is 627 g/mol. The second-order valence-electron chi connectivity index (χ2n) is 10.8. The third kappa shape index (κ3) is 5.86. The van der Waals surface area contributed by atoms with Gasteiger partial charge in [-0.3, -0.25) is 0 Å². The van der Waals surface area contributed by atoms with Crippen LogP contribution in [0, 0.1) is 0 Å². The largest absolute Gasteiger partial charge is 0.310 e. The van der Waals surface area contributed by atoms with Crippen LogP contribution >= 0.6 is 15.9 Å². The molecule has 1 nitrogen and oxygen atoms in total. The highest BCUT2D eigenvalue weighted by Gasteiger charge is 2.16. The zero-order valence-electron chi connectivity index (χ0n) is 24.1. The maximum Gasteiger partial charge on any atom is 0.0468 e. The van der Waals surface area contributed by atoms with E-state index in [4.69, 9.17) is 0 Å². The molecule has 210 valence electrons. The highest BCUT2D eigenvalue weighted by molar-refractivity contribution is 9.10. The number of rotatable bonds is 7. The van der Waals surface area contributed by atoms with Gasteiger partial charge in [0.15, 0.2) is 0 Å². The molecule has 7 rings (SSSR count). The molecule has 0 radical (unpaired) electrons. The van der Waals surface area contributed by atoms with Crippen molar-refractivity contribution in [2.24, 2.45) is 0 Å². The molecule has 0 saturated heterocycles. The minimum absolute atomic E-state index is 1.07. The standard InChI is InChI=1S/C42H30BrN/c43-42-29-28-40(30-41(42)37-14-8-3-9-15-37)44(38-24-20-35(21-25-38)32-12-6-2-7-13-32)39-26-22-36(23-27-39)34-18-16-33(17-19-34)31-10-4-1-5-11-31/h1-30H. The fourth-order valence-electron chi connectivity index (χ4n) is 5.66. The molecule has 0 bridgehead atoms. The summed E-state index contributed by atoms with van der Waals surface area (Å²) in [6, 6.07) is 64.7. The normalized spacial score (nSPS) is 10.8. The number of halogens is 1. The van der Waals surface area contributed by atoms with Crippen LogP contribution in [0.15, 0.2) is 186 Å². The lowest BCUT2D eigenvalue weighted by Gasteiger charge is -2.27. The SMILES string of the molecule is Brc1ccc(N(c2ccc(-c3ccccc3)cc2)c2ccc(-c3ccc(-c4ccccc4)cc3)cc2)cc1-c1ccccc1. The van der Waals surface area contributed by atoms with Crippen molar-refractivity contribution in [2.75, 3.05) is 4.90 Å². The van der Waals surface area contributed by atoms with Crippen LogP contribution < -0.4 is 4.90 Å². The van der Waals surface area contributed by atoms with Gasteiger partial charge in [0.25, 0.3) is 0 Å². The van der Waals surface area contributed by atoms with Gasteiger partial charge in [-0.2, -0.15) is 0 Å². The first-order chi connectivity index (χ1) is 21.7. The van der Waals surface area contributed by atoms with Gasteiger partial charge in [0.1, 0.15) is 0 Å². The first kappa shape index (κ1) is 27.6. The number of nitrogens with zero attached hydrogens (tertiary/aromatic N) is 1. The summed E-state index contributed by atoms with van der Waals surface area (Å²) in [5, 5.41) is 0. The van der Waals surface area contributed by atoms with Crippen molar-refractivity contribution in [3.05, 3.63) is 186 Å². The van der Waals surface area contributed by atoms with Crippen LogP contribution in [-0.2, 0) is 0 Å². The lowest BCUT2D eigenvalue weighted by molar-refractivity contribution is 1.28. The van der Waals surface area contributed by atoms with E-state index in [9.17, 15) is 0 Å². The minimum atomic E-state index is 1.07. The molecule has 0 N–H and O–H groups in total. The molecule has 0 fully saturated rings. The third-order valence-electron chi connectivity index (χ3n) is 7.98. The Morgan fingerprint density at radius 2 is 0.614 bits per heavy atom. The van der Waals surface area contributed by atoms with Crippen molar-refractivity contribution < 1.29 is 0 Å². The predicted octanol–water partition coefficient (Wildman–Crippen LogP) is 12.6. The Morgan fingerprint density at radius 3 is 1.02 bits per heavy atom. The zero-order chi connectivity index (χ0) is 29.7. The second kappa shape index (κ2) is 12.6. The summed E-state index contributed by atoms with van der Waals surface area (Å²) >= 11 is 3.80. The Morgan fingerprint density at radius 1 is 0.295 bits per heavy atom.